The fourth-order valence-electron chi connectivity index (χ4n) is 11.1. The van der Waals surface area contributed by atoms with E-state index in [9.17, 15) is 0 Å². The molecule has 3 aromatic heterocycles. The second kappa shape index (κ2) is 11.8. The van der Waals surface area contributed by atoms with E-state index in [0.717, 1.165) is 28.7 Å². The van der Waals surface area contributed by atoms with Crippen molar-refractivity contribution in [2.45, 2.75) is 52.4 Å². The molecule has 0 unspecified atom stereocenters. The van der Waals surface area contributed by atoms with E-state index < -0.39 is 0 Å². The number of anilines is 3. The van der Waals surface area contributed by atoms with Crippen LogP contribution in [-0.2, 0) is 10.8 Å². The Bertz CT molecular complexity index is 3640. The monoisotopic (exact) mass is 834 g/mol. The highest BCUT2D eigenvalue weighted by Gasteiger charge is 2.48. The molecule has 0 fully saturated rings. The average molecular weight is 835 g/mol. The van der Waals surface area contributed by atoms with Gasteiger partial charge in [-0.05, 0) is 104 Å². The van der Waals surface area contributed by atoms with Crippen LogP contribution in [0.25, 0.3) is 47.7 Å². The van der Waals surface area contributed by atoms with Crippen LogP contribution in [0.2, 0.25) is 0 Å². The van der Waals surface area contributed by atoms with Crippen molar-refractivity contribution in [3.8, 4) is 28.7 Å². The van der Waals surface area contributed by atoms with Crippen LogP contribution in [0.4, 0.5) is 17.1 Å². The Morgan fingerprint density at radius 3 is 1.79 bits per heavy atom. The Labute approximate surface area is 369 Å². The van der Waals surface area contributed by atoms with Crippen LogP contribution in [0.3, 0.4) is 0 Å². The lowest BCUT2D eigenvalue weighted by Gasteiger charge is -2.39. The summed E-state index contributed by atoms with van der Waals surface area (Å²) in [4.78, 5) is 2.49. The first-order valence-electron chi connectivity index (χ1n) is 21.7. The van der Waals surface area contributed by atoms with Gasteiger partial charge in [-0.15, -0.1) is 22.7 Å². The molecule has 7 aromatic carbocycles. The molecular formula is C54H40B2N2O2S2. The molecule has 0 N–H and O–H groups in total. The summed E-state index contributed by atoms with van der Waals surface area (Å²) in [6, 6.07) is 50.0. The number of rotatable bonds is 1. The predicted molar refractivity (Wildman–Crippen MR) is 266 cm³/mol. The van der Waals surface area contributed by atoms with E-state index in [-0.39, 0.29) is 24.3 Å². The maximum absolute atomic E-state index is 7.10. The molecule has 0 saturated carbocycles. The third-order valence-corrected chi connectivity index (χ3v) is 16.5. The fourth-order valence-corrected chi connectivity index (χ4v) is 13.7. The normalized spacial score (nSPS) is 14.5. The van der Waals surface area contributed by atoms with Crippen molar-refractivity contribution < 1.29 is 9.47 Å². The van der Waals surface area contributed by atoms with Crippen LogP contribution >= 0.6 is 22.7 Å². The Hall–Kier alpha value is -6.21. The summed E-state index contributed by atoms with van der Waals surface area (Å²) in [6.45, 7) is 13.7. The lowest BCUT2D eigenvalue weighted by Crippen LogP contribution is -2.62. The van der Waals surface area contributed by atoms with Crippen molar-refractivity contribution >= 4 is 127 Å². The smallest absolute Gasteiger partial charge is 0.268 e. The maximum Gasteiger partial charge on any atom is 0.268 e. The van der Waals surface area contributed by atoms with Gasteiger partial charge in [0.25, 0.3) is 13.4 Å². The summed E-state index contributed by atoms with van der Waals surface area (Å²) in [5.41, 5.74) is 15.0. The molecule has 0 bridgehead atoms. The minimum absolute atomic E-state index is 0.00557. The molecule has 7 heterocycles. The molecule has 0 atom stereocenters. The van der Waals surface area contributed by atoms with Gasteiger partial charge in [0.2, 0.25) is 0 Å². The lowest BCUT2D eigenvalue weighted by atomic mass is 9.33. The number of ether oxygens (including phenoxy) is 2. The second-order valence-electron chi connectivity index (χ2n) is 19.6. The van der Waals surface area contributed by atoms with Gasteiger partial charge in [0.1, 0.15) is 23.0 Å². The predicted octanol–water partition coefficient (Wildman–Crippen LogP) is 11.1. The van der Waals surface area contributed by atoms with Gasteiger partial charge in [0, 0.05) is 57.9 Å². The number of thiophene rings is 2. The largest absolute Gasteiger partial charge is 0.458 e. The molecule has 4 aliphatic rings. The molecular weight excluding hydrogens is 794 g/mol. The van der Waals surface area contributed by atoms with E-state index in [1.165, 1.54) is 102 Å². The van der Waals surface area contributed by atoms with E-state index in [1.54, 1.807) is 0 Å². The van der Waals surface area contributed by atoms with Crippen molar-refractivity contribution in [2.24, 2.45) is 0 Å². The van der Waals surface area contributed by atoms with Crippen LogP contribution in [-0.4, -0.2) is 18.0 Å². The molecule has 8 heteroatoms. The van der Waals surface area contributed by atoms with Crippen LogP contribution < -0.4 is 45.8 Å². The summed E-state index contributed by atoms with van der Waals surface area (Å²) < 4.78 is 22.0. The van der Waals surface area contributed by atoms with Crippen molar-refractivity contribution in [3.63, 3.8) is 0 Å². The Balaban J connectivity index is 1.03. The highest BCUT2D eigenvalue weighted by atomic mass is 32.1. The summed E-state index contributed by atoms with van der Waals surface area (Å²) >= 11 is 3.85. The molecule has 0 radical (unpaired) electrons. The number of hydrogen-bond acceptors (Lipinski definition) is 5. The van der Waals surface area contributed by atoms with E-state index in [1.807, 2.05) is 22.7 Å². The van der Waals surface area contributed by atoms with Crippen molar-refractivity contribution in [2.75, 3.05) is 4.90 Å². The molecule has 0 spiro atoms. The number of nitrogens with zero attached hydrogens (tertiary/aromatic N) is 2. The van der Waals surface area contributed by atoms with Crippen molar-refractivity contribution in [1.29, 1.82) is 0 Å². The zero-order chi connectivity index (χ0) is 41.6. The lowest BCUT2D eigenvalue weighted by molar-refractivity contribution is 0.466. The Morgan fingerprint density at radius 2 is 1.10 bits per heavy atom. The van der Waals surface area contributed by atoms with E-state index in [0.29, 0.717) is 0 Å². The van der Waals surface area contributed by atoms with Crippen molar-refractivity contribution in [3.05, 3.63) is 145 Å². The Kier molecular flexibility index (Phi) is 6.75. The quantitative estimate of drug-likeness (QED) is 0.154. The highest BCUT2D eigenvalue weighted by Crippen LogP contribution is 2.48. The first-order valence-corrected chi connectivity index (χ1v) is 23.4. The summed E-state index contributed by atoms with van der Waals surface area (Å²) in [6.07, 6.45) is 0. The minimum Gasteiger partial charge on any atom is -0.458 e. The van der Waals surface area contributed by atoms with Crippen LogP contribution in [0.15, 0.2) is 133 Å². The van der Waals surface area contributed by atoms with Gasteiger partial charge in [-0.2, -0.15) is 0 Å². The van der Waals surface area contributed by atoms with Gasteiger partial charge < -0.3 is 18.9 Å². The van der Waals surface area contributed by atoms with Gasteiger partial charge in [-0.1, -0.05) is 108 Å². The van der Waals surface area contributed by atoms with E-state index in [2.05, 4.69) is 184 Å². The zero-order valence-corrected chi connectivity index (χ0v) is 37.0. The maximum atomic E-state index is 7.10. The van der Waals surface area contributed by atoms with Crippen LogP contribution in [0.1, 0.15) is 52.7 Å². The molecule has 10 aromatic rings. The van der Waals surface area contributed by atoms with Crippen LogP contribution in [0.5, 0.6) is 23.0 Å². The summed E-state index contributed by atoms with van der Waals surface area (Å²) in [5.74, 6) is 3.57. The molecule has 14 rings (SSSR count). The fraction of sp³-hybridized carbons (Fsp3) is 0.148. The number of hydrogen-bond donors (Lipinski definition) is 0. The minimum atomic E-state index is -0.0160. The van der Waals surface area contributed by atoms with Crippen LogP contribution in [0, 0.1) is 0 Å². The zero-order valence-electron chi connectivity index (χ0n) is 35.4. The third-order valence-electron chi connectivity index (χ3n) is 14.0. The Morgan fingerprint density at radius 1 is 0.484 bits per heavy atom. The molecule has 4 nitrogen and oxygen atoms in total. The summed E-state index contributed by atoms with van der Waals surface area (Å²) in [7, 11) is 0. The second-order valence-corrected chi connectivity index (χ2v) is 21.8. The molecule has 62 heavy (non-hydrogen) atoms. The van der Waals surface area contributed by atoms with E-state index >= 15 is 0 Å². The highest BCUT2D eigenvalue weighted by molar-refractivity contribution is 7.34. The van der Waals surface area contributed by atoms with Gasteiger partial charge in [-0.3, -0.25) is 0 Å². The molecule has 0 amide bonds. The van der Waals surface area contributed by atoms with Gasteiger partial charge >= 0.3 is 0 Å². The molecule has 0 aliphatic carbocycles. The molecule has 296 valence electrons. The molecule has 0 saturated heterocycles. The van der Waals surface area contributed by atoms with Gasteiger partial charge in [0.05, 0.1) is 22.4 Å². The number of benzene rings is 7. The SMILES string of the molecule is CC(C)(C)c1ccc(N2c3cccc4c3B(c3cc5c(cc3O4)Oc3ccc4c6cc(C(C)(C)C)ccc6n6c4c3B5c3sc4ccccc4c3-6)c3sc4ccccc4c32)cc1. The molecule has 4 aliphatic heterocycles. The van der Waals surface area contributed by atoms with Gasteiger partial charge in [0.15, 0.2) is 0 Å². The topological polar surface area (TPSA) is 26.6 Å². The van der Waals surface area contributed by atoms with E-state index in [4.69, 9.17) is 9.47 Å². The van der Waals surface area contributed by atoms with Gasteiger partial charge in [-0.25, -0.2) is 0 Å². The number of fused-ring (bicyclic) bond motifs is 16. The average Bonchev–Trinajstić information content (AvgIpc) is 3.94. The number of aromatic nitrogens is 1. The summed E-state index contributed by atoms with van der Waals surface area (Å²) in [5, 5.41) is 5.15. The first-order chi connectivity index (χ1) is 30.0. The first kappa shape index (κ1) is 35.4. The van der Waals surface area contributed by atoms with Crippen molar-refractivity contribution in [1.82, 2.24) is 4.57 Å². The standard InChI is InChI=1S/C54H40B2N2O2S2/c1-53(2,3)29-18-21-31(22-19-29)57-39-14-11-15-40-46(39)55(51-49(57)33-12-7-9-16-44(33)61-51)36-27-37-43(28-42(36)59-40)60-41-25-23-32-35-26-30(54(4,5)6)20-24-38(35)58-48(32)47(41)56(37)52-50(58)34-13-8-10-17-45(34)62-52/h7-28H,1-6H3. The third kappa shape index (κ3) is 4.54.